The van der Waals surface area contributed by atoms with Gasteiger partial charge >= 0.3 is 0 Å². The van der Waals surface area contributed by atoms with Crippen LogP contribution >= 0.6 is 11.6 Å². The van der Waals surface area contributed by atoms with E-state index in [0.29, 0.717) is 11.8 Å². The monoisotopic (exact) mass is 235 g/mol. The van der Waals surface area contributed by atoms with Crippen LogP contribution in [-0.2, 0) is 0 Å². The lowest BCUT2D eigenvalue weighted by molar-refractivity contribution is 0.677. The summed E-state index contributed by atoms with van der Waals surface area (Å²) in [5.41, 5.74) is 7.60. The third-order valence-corrected chi connectivity index (χ3v) is 3.10. The molecule has 4 heteroatoms. The van der Waals surface area contributed by atoms with Crippen LogP contribution in [0.25, 0.3) is 0 Å². The van der Waals surface area contributed by atoms with E-state index in [0.717, 1.165) is 29.1 Å². The Morgan fingerprint density at radius 3 is 2.81 bits per heavy atom. The second kappa shape index (κ2) is 4.66. The normalized spacial score (nSPS) is 20.2. The Bertz CT molecular complexity index is 451. The summed E-state index contributed by atoms with van der Waals surface area (Å²) in [4.78, 5) is 0. The van der Waals surface area contributed by atoms with Gasteiger partial charge < -0.3 is 5.73 Å². The minimum absolute atomic E-state index is 0.317. The van der Waals surface area contributed by atoms with E-state index in [1.807, 2.05) is 24.3 Å². The molecule has 1 aliphatic rings. The van der Waals surface area contributed by atoms with Crippen molar-refractivity contribution < 1.29 is 0 Å². The maximum Gasteiger partial charge on any atom is 0.123 e. The number of nitrogens with zero attached hydrogens (tertiary/aromatic N) is 2. The molecule has 0 amide bonds. The fraction of sp³-hybridized carbons (Fsp3) is 0.333. The first-order chi connectivity index (χ1) is 7.72. The van der Waals surface area contributed by atoms with Crippen molar-refractivity contribution in [3.8, 4) is 0 Å². The molecule has 1 aliphatic heterocycles. The SMILES string of the molecule is CCC1CC(N)=NN=C1c1ccccc1Cl. The van der Waals surface area contributed by atoms with E-state index >= 15 is 0 Å². The molecule has 0 saturated heterocycles. The molecule has 0 bridgehead atoms. The van der Waals surface area contributed by atoms with Crippen LogP contribution in [0.4, 0.5) is 0 Å². The quantitative estimate of drug-likeness (QED) is 0.842. The average Bonchev–Trinajstić information content (AvgIpc) is 2.30. The summed E-state index contributed by atoms with van der Waals surface area (Å²) in [6.45, 7) is 2.12. The molecular weight excluding hydrogens is 222 g/mol. The lowest BCUT2D eigenvalue weighted by Gasteiger charge is -2.20. The van der Waals surface area contributed by atoms with Crippen LogP contribution < -0.4 is 5.73 Å². The van der Waals surface area contributed by atoms with Crippen molar-refractivity contribution in [2.75, 3.05) is 0 Å². The fourth-order valence-corrected chi connectivity index (χ4v) is 2.10. The number of rotatable bonds is 2. The summed E-state index contributed by atoms with van der Waals surface area (Å²) in [6, 6.07) is 7.71. The Morgan fingerprint density at radius 2 is 2.12 bits per heavy atom. The predicted molar refractivity (Wildman–Crippen MR) is 68.0 cm³/mol. The summed E-state index contributed by atoms with van der Waals surface area (Å²) < 4.78 is 0. The fourth-order valence-electron chi connectivity index (χ4n) is 1.87. The van der Waals surface area contributed by atoms with E-state index in [1.54, 1.807) is 0 Å². The van der Waals surface area contributed by atoms with Gasteiger partial charge in [-0.05, 0) is 12.5 Å². The molecule has 1 atom stereocenters. The van der Waals surface area contributed by atoms with Crippen LogP contribution in [0.15, 0.2) is 34.5 Å². The van der Waals surface area contributed by atoms with Crippen LogP contribution in [0.1, 0.15) is 25.3 Å². The Labute approximate surface area is 100 Å². The lowest BCUT2D eigenvalue weighted by atomic mass is 9.90. The Morgan fingerprint density at radius 1 is 1.38 bits per heavy atom. The van der Waals surface area contributed by atoms with Gasteiger partial charge in [-0.15, -0.1) is 5.10 Å². The highest BCUT2D eigenvalue weighted by atomic mass is 35.5. The molecule has 1 aromatic rings. The molecule has 0 saturated carbocycles. The van der Waals surface area contributed by atoms with Gasteiger partial charge in [0.15, 0.2) is 0 Å². The zero-order chi connectivity index (χ0) is 11.5. The Kier molecular flexibility index (Phi) is 3.25. The summed E-state index contributed by atoms with van der Waals surface area (Å²) in [7, 11) is 0. The summed E-state index contributed by atoms with van der Waals surface area (Å²) >= 11 is 6.16. The number of halogens is 1. The maximum absolute atomic E-state index is 6.16. The minimum Gasteiger partial charge on any atom is -0.386 e. The molecule has 2 rings (SSSR count). The maximum atomic E-state index is 6.16. The Balaban J connectivity index is 2.43. The first-order valence-electron chi connectivity index (χ1n) is 5.37. The van der Waals surface area contributed by atoms with Crippen LogP contribution in [0.3, 0.4) is 0 Å². The number of hydrogen-bond donors (Lipinski definition) is 1. The highest BCUT2D eigenvalue weighted by molar-refractivity contribution is 6.34. The molecule has 0 spiro atoms. The van der Waals surface area contributed by atoms with Gasteiger partial charge in [-0.25, -0.2) is 0 Å². The standard InChI is InChI=1S/C12H14ClN3/c1-2-8-7-11(14)15-16-12(8)9-5-3-4-6-10(9)13/h3-6,8H,2,7H2,1H3,(H2,14,15). The third kappa shape index (κ3) is 2.09. The lowest BCUT2D eigenvalue weighted by Crippen LogP contribution is -2.26. The molecule has 1 heterocycles. The number of nitrogens with two attached hydrogens (primary N) is 1. The molecule has 16 heavy (non-hydrogen) atoms. The van der Waals surface area contributed by atoms with Gasteiger partial charge in [0.25, 0.3) is 0 Å². The van der Waals surface area contributed by atoms with Crippen LogP contribution in [0, 0.1) is 5.92 Å². The van der Waals surface area contributed by atoms with Crippen molar-refractivity contribution in [2.24, 2.45) is 21.9 Å². The first kappa shape index (κ1) is 11.1. The molecule has 2 N–H and O–H groups in total. The highest BCUT2D eigenvalue weighted by Crippen LogP contribution is 2.25. The summed E-state index contributed by atoms with van der Waals surface area (Å²) in [6.07, 6.45) is 1.75. The molecule has 0 aliphatic carbocycles. The largest absolute Gasteiger partial charge is 0.386 e. The molecule has 1 aromatic carbocycles. The van der Waals surface area contributed by atoms with E-state index in [2.05, 4.69) is 17.1 Å². The molecule has 1 unspecified atom stereocenters. The molecule has 3 nitrogen and oxygen atoms in total. The van der Waals surface area contributed by atoms with Crippen LogP contribution in [0.5, 0.6) is 0 Å². The number of amidine groups is 1. The summed E-state index contributed by atoms with van der Waals surface area (Å²) in [5.74, 6) is 0.917. The second-order valence-corrected chi connectivity index (χ2v) is 4.27. The van der Waals surface area contributed by atoms with E-state index in [-0.39, 0.29) is 0 Å². The molecule has 0 aromatic heterocycles. The average molecular weight is 236 g/mol. The van der Waals surface area contributed by atoms with E-state index < -0.39 is 0 Å². The topological polar surface area (TPSA) is 50.7 Å². The smallest absolute Gasteiger partial charge is 0.123 e. The van der Waals surface area contributed by atoms with Gasteiger partial charge in [0.1, 0.15) is 5.84 Å². The molecule has 0 fully saturated rings. The Hall–Kier alpha value is -1.35. The highest BCUT2D eigenvalue weighted by Gasteiger charge is 2.22. The minimum atomic E-state index is 0.317. The zero-order valence-corrected chi connectivity index (χ0v) is 9.91. The van der Waals surface area contributed by atoms with Gasteiger partial charge in [0.05, 0.1) is 5.71 Å². The van der Waals surface area contributed by atoms with E-state index in [1.165, 1.54) is 0 Å². The van der Waals surface area contributed by atoms with Crippen LogP contribution in [-0.4, -0.2) is 11.5 Å². The van der Waals surface area contributed by atoms with Gasteiger partial charge in [0, 0.05) is 22.9 Å². The first-order valence-corrected chi connectivity index (χ1v) is 5.75. The predicted octanol–water partition coefficient (Wildman–Crippen LogP) is 2.83. The van der Waals surface area contributed by atoms with Crippen molar-refractivity contribution in [3.05, 3.63) is 34.9 Å². The van der Waals surface area contributed by atoms with E-state index in [4.69, 9.17) is 17.3 Å². The van der Waals surface area contributed by atoms with Gasteiger partial charge in [-0.1, -0.05) is 36.7 Å². The van der Waals surface area contributed by atoms with Gasteiger partial charge in [-0.2, -0.15) is 5.10 Å². The number of benzene rings is 1. The van der Waals surface area contributed by atoms with Crippen molar-refractivity contribution >= 4 is 23.1 Å². The van der Waals surface area contributed by atoms with Crippen molar-refractivity contribution in [1.82, 2.24) is 0 Å². The van der Waals surface area contributed by atoms with Crippen molar-refractivity contribution in [3.63, 3.8) is 0 Å². The second-order valence-electron chi connectivity index (χ2n) is 3.87. The number of hydrogen-bond acceptors (Lipinski definition) is 3. The molecule has 0 radical (unpaired) electrons. The summed E-state index contributed by atoms with van der Waals surface area (Å²) in [5, 5.41) is 8.86. The molecular formula is C12H14ClN3. The molecule has 84 valence electrons. The van der Waals surface area contributed by atoms with Gasteiger partial charge in [-0.3, -0.25) is 0 Å². The zero-order valence-electron chi connectivity index (χ0n) is 9.15. The van der Waals surface area contributed by atoms with Crippen molar-refractivity contribution in [1.29, 1.82) is 0 Å². The van der Waals surface area contributed by atoms with Crippen molar-refractivity contribution in [2.45, 2.75) is 19.8 Å². The third-order valence-electron chi connectivity index (χ3n) is 2.77. The van der Waals surface area contributed by atoms with E-state index in [9.17, 15) is 0 Å². The van der Waals surface area contributed by atoms with Crippen LogP contribution in [0.2, 0.25) is 5.02 Å². The van der Waals surface area contributed by atoms with Gasteiger partial charge in [0.2, 0.25) is 0 Å².